The maximum atomic E-state index is 5.43. The van der Waals surface area contributed by atoms with Crippen LogP contribution in [0.4, 0.5) is 0 Å². The van der Waals surface area contributed by atoms with Gasteiger partial charge in [0.15, 0.2) is 0 Å². The summed E-state index contributed by atoms with van der Waals surface area (Å²) in [5.41, 5.74) is 1.12. The van der Waals surface area contributed by atoms with Crippen LogP contribution in [0.5, 0.6) is 0 Å². The Hall–Kier alpha value is -1.77. The maximum Gasteiger partial charge on any atom is 0.146 e. The van der Waals surface area contributed by atoms with Gasteiger partial charge in [-0.15, -0.1) is 10.2 Å². The van der Waals surface area contributed by atoms with Gasteiger partial charge in [0.2, 0.25) is 0 Å². The van der Waals surface area contributed by atoms with Crippen LogP contribution in [0.25, 0.3) is 0 Å². The van der Waals surface area contributed by atoms with Gasteiger partial charge in [-0.3, -0.25) is 9.80 Å². The molecule has 0 radical (unpaired) electrons. The fourth-order valence-corrected chi connectivity index (χ4v) is 4.00. The van der Waals surface area contributed by atoms with E-state index in [9.17, 15) is 0 Å². The van der Waals surface area contributed by atoms with Gasteiger partial charge in [0.25, 0.3) is 0 Å². The molecule has 0 bridgehead atoms. The van der Waals surface area contributed by atoms with Gasteiger partial charge >= 0.3 is 0 Å². The summed E-state index contributed by atoms with van der Waals surface area (Å²) in [4.78, 5) is 12.7. The van der Waals surface area contributed by atoms with E-state index in [2.05, 4.69) is 41.6 Å². The van der Waals surface area contributed by atoms with E-state index >= 15 is 0 Å². The summed E-state index contributed by atoms with van der Waals surface area (Å²) in [6.45, 7) is 9.49. The number of likely N-dealkylation sites (tertiary alicyclic amines) is 1. The fourth-order valence-electron chi connectivity index (χ4n) is 4.00. The summed E-state index contributed by atoms with van der Waals surface area (Å²) >= 11 is 0. The standard InChI is InChI=1S/C18H29N7O/c1-14-10-19-16(20-14)12-25-5-3-4-15(11-25)18-22-21-17(23(18)2)13-24-6-8-26-9-7-24/h10,15H,3-9,11-13H2,1-2H3,(H,19,20). The van der Waals surface area contributed by atoms with E-state index in [0.29, 0.717) is 5.92 Å². The van der Waals surface area contributed by atoms with Crippen molar-refractivity contribution in [2.45, 2.75) is 38.8 Å². The molecule has 0 aromatic carbocycles. The first-order valence-electron chi connectivity index (χ1n) is 9.60. The number of nitrogens with zero attached hydrogens (tertiary/aromatic N) is 6. The van der Waals surface area contributed by atoms with Crippen molar-refractivity contribution in [3.05, 3.63) is 29.4 Å². The monoisotopic (exact) mass is 359 g/mol. The zero-order valence-corrected chi connectivity index (χ0v) is 15.8. The Labute approximate surface area is 154 Å². The summed E-state index contributed by atoms with van der Waals surface area (Å²) in [5, 5.41) is 9.05. The molecule has 142 valence electrons. The van der Waals surface area contributed by atoms with Crippen molar-refractivity contribution in [2.75, 3.05) is 39.4 Å². The molecule has 1 unspecified atom stereocenters. The highest BCUT2D eigenvalue weighted by Gasteiger charge is 2.27. The van der Waals surface area contributed by atoms with E-state index in [1.54, 1.807) is 0 Å². The molecule has 0 aliphatic carbocycles. The topological polar surface area (TPSA) is 75.1 Å². The van der Waals surface area contributed by atoms with E-state index in [4.69, 9.17) is 4.74 Å². The van der Waals surface area contributed by atoms with E-state index in [1.165, 1.54) is 12.8 Å². The van der Waals surface area contributed by atoms with Crippen molar-refractivity contribution in [1.29, 1.82) is 0 Å². The van der Waals surface area contributed by atoms with Crippen molar-refractivity contribution in [3.63, 3.8) is 0 Å². The molecule has 0 saturated carbocycles. The molecule has 2 aromatic heterocycles. The molecule has 4 rings (SSSR count). The molecule has 0 amide bonds. The summed E-state index contributed by atoms with van der Waals surface area (Å²) in [6, 6.07) is 0. The second-order valence-electron chi connectivity index (χ2n) is 7.51. The van der Waals surface area contributed by atoms with Gasteiger partial charge < -0.3 is 14.3 Å². The van der Waals surface area contributed by atoms with Crippen LogP contribution in [0.15, 0.2) is 6.20 Å². The average molecular weight is 359 g/mol. The molecule has 0 spiro atoms. The smallest absolute Gasteiger partial charge is 0.146 e. The lowest BCUT2D eigenvalue weighted by Crippen LogP contribution is -2.36. The van der Waals surface area contributed by atoms with Crippen molar-refractivity contribution in [2.24, 2.45) is 7.05 Å². The SMILES string of the molecule is Cc1cnc(CN2CCCC(c3nnc(CN4CCOCC4)n3C)C2)[nH]1. The largest absolute Gasteiger partial charge is 0.379 e. The second kappa shape index (κ2) is 7.85. The minimum atomic E-state index is 0.441. The van der Waals surface area contributed by atoms with Gasteiger partial charge in [0, 0.05) is 44.5 Å². The van der Waals surface area contributed by atoms with Crippen LogP contribution >= 0.6 is 0 Å². The van der Waals surface area contributed by atoms with Crippen LogP contribution < -0.4 is 0 Å². The van der Waals surface area contributed by atoms with Gasteiger partial charge in [0.1, 0.15) is 17.5 Å². The average Bonchev–Trinajstić information content (AvgIpc) is 3.22. The van der Waals surface area contributed by atoms with Gasteiger partial charge in [-0.25, -0.2) is 4.98 Å². The quantitative estimate of drug-likeness (QED) is 0.860. The van der Waals surface area contributed by atoms with Crippen LogP contribution in [0.2, 0.25) is 0 Å². The molecule has 1 N–H and O–H groups in total. The number of H-pyrrole nitrogens is 1. The number of imidazole rings is 1. The van der Waals surface area contributed by atoms with Crippen molar-refractivity contribution >= 4 is 0 Å². The van der Waals surface area contributed by atoms with E-state index in [0.717, 1.165) is 75.6 Å². The molecule has 2 aliphatic heterocycles. The minimum Gasteiger partial charge on any atom is -0.379 e. The van der Waals surface area contributed by atoms with Gasteiger partial charge in [0.05, 0.1) is 26.3 Å². The van der Waals surface area contributed by atoms with Crippen molar-refractivity contribution in [1.82, 2.24) is 34.5 Å². The van der Waals surface area contributed by atoms with Gasteiger partial charge in [-0.1, -0.05) is 0 Å². The number of aromatic nitrogens is 5. The molecule has 2 aromatic rings. The third-order valence-corrected chi connectivity index (χ3v) is 5.47. The van der Waals surface area contributed by atoms with Crippen LogP contribution in [0, 0.1) is 6.92 Å². The molecule has 2 aliphatic rings. The predicted octanol–water partition coefficient (Wildman–Crippen LogP) is 1.06. The lowest BCUT2D eigenvalue weighted by molar-refractivity contribution is 0.0326. The van der Waals surface area contributed by atoms with Gasteiger partial charge in [-0.05, 0) is 26.3 Å². The van der Waals surface area contributed by atoms with E-state index in [-0.39, 0.29) is 0 Å². The Morgan fingerprint density at radius 1 is 1.15 bits per heavy atom. The van der Waals surface area contributed by atoms with Crippen LogP contribution in [-0.4, -0.2) is 73.9 Å². The molecular formula is C18H29N7O. The Balaban J connectivity index is 1.40. The number of hydrogen-bond acceptors (Lipinski definition) is 6. The number of hydrogen-bond donors (Lipinski definition) is 1. The number of aryl methyl sites for hydroxylation is 1. The predicted molar refractivity (Wildman–Crippen MR) is 97.7 cm³/mol. The number of ether oxygens (including phenoxy) is 1. The molecule has 4 heterocycles. The minimum absolute atomic E-state index is 0.441. The van der Waals surface area contributed by atoms with E-state index in [1.807, 2.05) is 13.1 Å². The fraction of sp³-hybridized carbons (Fsp3) is 0.722. The normalized spacial score (nSPS) is 22.8. The molecule has 8 nitrogen and oxygen atoms in total. The van der Waals surface area contributed by atoms with Crippen molar-refractivity contribution in [3.8, 4) is 0 Å². The lowest BCUT2D eigenvalue weighted by Gasteiger charge is -2.31. The molecule has 8 heteroatoms. The van der Waals surface area contributed by atoms with Gasteiger partial charge in [-0.2, -0.15) is 0 Å². The highest BCUT2D eigenvalue weighted by molar-refractivity contribution is 5.05. The first-order valence-corrected chi connectivity index (χ1v) is 9.60. The number of morpholine rings is 1. The molecular weight excluding hydrogens is 330 g/mol. The Morgan fingerprint density at radius 3 is 2.77 bits per heavy atom. The zero-order chi connectivity index (χ0) is 17.9. The summed E-state index contributed by atoms with van der Waals surface area (Å²) in [5.74, 6) is 3.67. The Kier molecular flexibility index (Phi) is 5.33. The van der Waals surface area contributed by atoms with Crippen LogP contribution in [0.3, 0.4) is 0 Å². The first kappa shape index (κ1) is 17.6. The second-order valence-corrected chi connectivity index (χ2v) is 7.51. The zero-order valence-electron chi connectivity index (χ0n) is 15.8. The summed E-state index contributed by atoms with van der Waals surface area (Å²) < 4.78 is 7.64. The third kappa shape index (κ3) is 3.97. The number of piperidine rings is 1. The highest BCUT2D eigenvalue weighted by Crippen LogP contribution is 2.26. The first-order chi connectivity index (χ1) is 12.7. The van der Waals surface area contributed by atoms with Crippen LogP contribution in [0.1, 0.15) is 41.9 Å². The molecule has 2 saturated heterocycles. The molecule has 2 fully saturated rings. The third-order valence-electron chi connectivity index (χ3n) is 5.47. The maximum absolute atomic E-state index is 5.43. The Morgan fingerprint density at radius 2 is 2.00 bits per heavy atom. The summed E-state index contributed by atoms with van der Waals surface area (Å²) in [6.07, 6.45) is 4.27. The number of nitrogens with one attached hydrogen (secondary N) is 1. The molecule has 1 atom stereocenters. The van der Waals surface area contributed by atoms with E-state index < -0.39 is 0 Å². The highest BCUT2D eigenvalue weighted by atomic mass is 16.5. The van der Waals surface area contributed by atoms with Crippen LogP contribution in [-0.2, 0) is 24.9 Å². The summed E-state index contributed by atoms with van der Waals surface area (Å²) in [7, 11) is 2.11. The number of rotatable bonds is 5. The molecule has 26 heavy (non-hydrogen) atoms. The number of aromatic amines is 1. The Bertz CT molecular complexity index is 719. The van der Waals surface area contributed by atoms with Crippen molar-refractivity contribution < 1.29 is 4.74 Å². The lowest BCUT2D eigenvalue weighted by atomic mass is 9.97.